The topological polar surface area (TPSA) is 42.0 Å². The van der Waals surface area contributed by atoms with E-state index in [0.29, 0.717) is 6.54 Å². The van der Waals surface area contributed by atoms with Gasteiger partial charge >= 0.3 is 0 Å². The summed E-state index contributed by atoms with van der Waals surface area (Å²) in [5.41, 5.74) is 0.222. The molecule has 1 N–H and O–H groups in total. The highest BCUT2D eigenvalue weighted by molar-refractivity contribution is 5.94. The van der Waals surface area contributed by atoms with Gasteiger partial charge in [-0.05, 0) is 30.4 Å². The van der Waals surface area contributed by atoms with Gasteiger partial charge in [-0.25, -0.2) is 4.98 Å². The minimum absolute atomic E-state index is 0.0189. The largest absolute Gasteiger partial charge is 0.351 e. The summed E-state index contributed by atoms with van der Waals surface area (Å²) in [5, 5.41) is 2.76. The molecule has 0 aromatic carbocycles. The zero-order valence-corrected chi connectivity index (χ0v) is 9.29. The summed E-state index contributed by atoms with van der Waals surface area (Å²) in [6.07, 6.45) is 4.80. The molecule has 1 aliphatic rings. The standard InChI is InChI=1S/C12H15FN2O/c1-12(5-3-6-12)8-15-11(16)9-4-2-7-14-10(9)13/h2,4,7H,3,5-6,8H2,1H3,(H,15,16). The Labute approximate surface area is 94.1 Å². The molecule has 1 heterocycles. The zero-order chi connectivity index (χ0) is 11.6. The number of pyridine rings is 1. The Bertz CT molecular complexity index is 402. The molecule has 2 rings (SSSR count). The summed E-state index contributed by atoms with van der Waals surface area (Å²) in [6, 6.07) is 3.00. The van der Waals surface area contributed by atoms with Gasteiger partial charge in [-0.2, -0.15) is 4.39 Å². The van der Waals surface area contributed by atoms with E-state index in [4.69, 9.17) is 0 Å². The van der Waals surface area contributed by atoms with Crippen molar-refractivity contribution in [3.8, 4) is 0 Å². The Hall–Kier alpha value is -1.45. The number of nitrogens with one attached hydrogen (secondary N) is 1. The molecule has 0 saturated heterocycles. The van der Waals surface area contributed by atoms with Crippen molar-refractivity contribution >= 4 is 5.91 Å². The monoisotopic (exact) mass is 222 g/mol. The maximum Gasteiger partial charge on any atom is 0.255 e. The third-order valence-electron chi connectivity index (χ3n) is 3.24. The van der Waals surface area contributed by atoms with Gasteiger partial charge < -0.3 is 5.32 Å². The van der Waals surface area contributed by atoms with Crippen molar-refractivity contribution in [2.24, 2.45) is 5.41 Å². The van der Waals surface area contributed by atoms with Crippen LogP contribution in [0.25, 0.3) is 0 Å². The van der Waals surface area contributed by atoms with E-state index in [1.54, 1.807) is 6.07 Å². The van der Waals surface area contributed by atoms with E-state index < -0.39 is 5.95 Å². The van der Waals surface area contributed by atoms with Crippen molar-refractivity contribution in [1.82, 2.24) is 10.3 Å². The zero-order valence-electron chi connectivity index (χ0n) is 9.29. The maximum atomic E-state index is 13.2. The number of nitrogens with zero attached hydrogens (tertiary/aromatic N) is 1. The molecule has 0 bridgehead atoms. The second kappa shape index (κ2) is 4.20. The van der Waals surface area contributed by atoms with Gasteiger partial charge in [0.2, 0.25) is 5.95 Å². The Morgan fingerprint density at radius 3 is 2.94 bits per heavy atom. The third kappa shape index (κ3) is 2.21. The van der Waals surface area contributed by atoms with E-state index in [1.165, 1.54) is 18.7 Å². The van der Waals surface area contributed by atoms with Crippen molar-refractivity contribution < 1.29 is 9.18 Å². The van der Waals surface area contributed by atoms with Gasteiger partial charge in [0.15, 0.2) is 0 Å². The lowest BCUT2D eigenvalue weighted by atomic mass is 9.70. The number of hydrogen-bond donors (Lipinski definition) is 1. The van der Waals surface area contributed by atoms with Gasteiger partial charge in [0, 0.05) is 12.7 Å². The van der Waals surface area contributed by atoms with E-state index in [0.717, 1.165) is 12.8 Å². The van der Waals surface area contributed by atoms with Crippen LogP contribution >= 0.6 is 0 Å². The number of carbonyl (C=O) groups excluding carboxylic acids is 1. The smallest absolute Gasteiger partial charge is 0.255 e. The number of rotatable bonds is 3. The molecule has 0 unspecified atom stereocenters. The second-order valence-corrected chi connectivity index (χ2v) is 4.69. The van der Waals surface area contributed by atoms with Gasteiger partial charge in [-0.3, -0.25) is 4.79 Å². The molecule has 1 fully saturated rings. The summed E-state index contributed by atoms with van der Waals surface area (Å²) in [6.45, 7) is 2.75. The van der Waals surface area contributed by atoms with Crippen LogP contribution in [0.4, 0.5) is 4.39 Å². The van der Waals surface area contributed by atoms with E-state index in [9.17, 15) is 9.18 Å². The lowest BCUT2D eigenvalue weighted by Crippen LogP contribution is -2.40. The number of aromatic nitrogens is 1. The number of halogens is 1. The van der Waals surface area contributed by atoms with Crippen LogP contribution in [-0.4, -0.2) is 17.4 Å². The van der Waals surface area contributed by atoms with E-state index in [1.807, 2.05) is 0 Å². The van der Waals surface area contributed by atoms with Crippen LogP contribution in [0.2, 0.25) is 0 Å². The molecular weight excluding hydrogens is 207 g/mol. The molecule has 1 aliphatic carbocycles. The van der Waals surface area contributed by atoms with E-state index in [2.05, 4.69) is 17.2 Å². The fourth-order valence-corrected chi connectivity index (χ4v) is 1.90. The van der Waals surface area contributed by atoms with Crippen LogP contribution in [0.15, 0.2) is 18.3 Å². The first-order valence-electron chi connectivity index (χ1n) is 5.49. The van der Waals surface area contributed by atoms with Crippen molar-refractivity contribution in [2.45, 2.75) is 26.2 Å². The first-order valence-corrected chi connectivity index (χ1v) is 5.49. The van der Waals surface area contributed by atoms with Crippen LogP contribution in [0, 0.1) is 11.4 Å². The Balaban J connectivity index is 1.96. The third-order valence-corrected chi connectivity index (χ3v) is 3.24. The van der Waals surface area contributed by atoms with Crippen LogP contribution in [-0.2, 0) is 0 Å². The van der Waals surface area contributed by atoms with Crippen molar-refractivity contribution in [3.05, 3.63) is 29.8 Å². The average molecular weight is 222 g/mol. The molecule has 1 aromatic heterocycles. The van der Waals surface area contributed by atoms with Crippen LogP contribution in [0.5, 0.6) is 0 Å². The first-order chi connectivity index (χ1) is 7.61. The Kier molecular flexibility index (Phi) is 2.90. The lowest BCUT2D eigenvalue weighted by molar-refractivity contribution is 0.0886. The Morgan fingerprint density at radius 2 is 2.38 bits per heavy atom. The predicted molar refractivity (Wildman–Crippen MR) is 58.5 cm³/mol. The van der Waals surface area contributed by atoms with Crippen molar-refractivity contribution in [2.75, 3.05) is 6.54 Å². The molecule has 0 atom stereocenters. The average Bonchev–Trinajstić information content (AvgIpc) is 2.24. The molecule has 4 heteroatoms. The van der Waals surface area contributed by atoms with Gasteiger partial charge in [0.1, 0.15) is 0 Å². The van der Waals surface area contributed by atoms with Gasteiger partial charge in [0.05, 0.1) is 5.56 Å². The van der Waals surface area contributed by atoms with Crippen molar-refractivity contribution in [3.63, 3.8) is 0 Å². The fourth-order valence-electron chi connectivity index (χ4n) is 1.90. The first kappa shape index (κ1) is 11.0. The van der Waals surface area contributed by atoms with Crippen LogP contribution in [0.1, 0.15) is 36.5 Å². The minimum atomic E-state index is -0.709. The molecule has 0 radical (unpaired) electrons. The summed E-state index contributed by atoms with van der Waals surface area (Å²) >= 11 is 0. The summed E-state index contributed by atoms with van der Waals surface area (Å²) in [7, 11) is 0. The molecule has 1 amide bonds. The summed E-state index contributed by atoms with van der Waals surface area (Å²) < 4.78 is 13.2. The van der Waals surface area contributed by atoms with Gasteiger partial charge in [0.25, 0.3) is 5.91 Å². The summed E-state index contributed by atoms with van der Waals surface area (Å²) in [4.78, 5) is 15.1. The molecule has 0 spiro atoms. The lowest BCUT2D eigenvalue weighted by Gasteiger charge is -2.38. The van der Waals surface area contributed by atoms with E-state index >= 15 is 0 Å². The number of hydrogen-bond acceptors (Lipinski definition) is 2. The molecule has 3 nitrogen and oxygen atoms in total. The van der Waals surface area contributed by atoms with E-state index in [-0.39, 0.29) is 16.9 Å². The minimum Gasteiger partial charge on any atom is -0.351 e. The molecule has 86 valence electrons. The molecule has 0 aliphatic heterocycles. The van der Waals surface area contributed by atoms with Gasteiger partial charge in [-0.1, -0.05) is 13.3 Å². The number of carbonyl (C=O) groups is 1. The predicted octanol–water partition coefficient (Wildman–Crippen LogP) is 2.14. The molecular formula is C12H15FN2O. The SMILES string of the molecule is CC1(CNC(=O)c2cccnc2F)CCC1. The normalized spacial score (nSPS) is 17.6. The van der Waals surface area contributed by atoms with Crippen molar-refractivity contribution in [1.29, 1.82) is 0 Å². The summed E-state index contributed by atoms with van der Waals surface area (Å²) in [5.74, 6) is -1.09. The molecule has 1 saturated carbocycles. The molecule has 16 heavy (non-hydrogen) atoms. The molecule has 1 aromatic rings. The van der Waals surface area contributed by atoms with Crippen LogP contribution < -0.4 is 5.32 Å². The highest BCUT2D eigenvalue weighted by atomic mass is 19.1. The number of amides is 1. The fraction of sp³-hybridized carbons (Fsp3) is 0.500. The highest BCUT2D eigenvalue weighted by Crippen LogP contribution is 2.39. The maximum absolute atomic E-state index is 13.2. The quantitative estimate of drug-likeness (QED) is 0.796. The highest BCUT2D eigenvalue weighted by Gasteiger charge is 2.32. The second-order valence-electron chi connectivity index (χ2n) is 4.69. The van der Waals surface area contributed by atoms with Gasteiger partial charge in [-0.15, -0.1) is 0 Å². The van der Waals surface area contributed by atoms with Crippen LogP contribution in [0.3, 0.4) is 0 Å². The Morgan fingerprint density at radius 1 is 1.62 bits per heavy atom.